The van der Waals surface area contributed by atoms with Gasteiger partial charge in [-0.25, -0.2) is 0 Å². The number of fused-ring (bicyclic) bond motifs is 1. The molecule has 0 amide bonds. The van der Waals surface area contributed by atoms with E-state index in [1.54, 1.807) is 22.3 Å². The van der Waals surface area contributed by atoms with Crippen molar-refractivity contribution in [3.63, 3.8) is 0 Å². The van der Waals surface area contributed by atoms with E-state index in [2.05, 4.69) is 78.8 Å². The molecule has 0 spiro atoms. The van der Waals surface area contributed by atoms with Gasteiger partial charge >= 0.3 is 147 Å². The van der Waals surface area contributed by atoms with Crippen molar-refractivity contribution in [2.45, 2.75) is 51.6 Å². The number of halogens is 2. The molecule has 0 nitrogen and oxygen atoms in total. The summed E-state index contributed by atoms with van der Waals surface area (Å²) in [5.41, 5.74) is 9.54. The molecule has 0 fully saturated rings. The summed E-state index contributed by atoms with van der Waals surface area (Å²) < 4.78 is 2.13. The van der Waals surface area contributed by atoms with Crippen LogP contribution >= 0.6 is 0 Å². The Hall–Kier alpha value is -0.110. The van der Waals surface area contributed by atoms with Crippen LogP contribution in [0.5, 0.6) is 0 Å². The third kappa shape index (κ3) is 3.17. The van der Waals surface area contributed by atoms with Gasteiger partial charge in [-0.1, -0.05) is 0 Å². The van der Waals surface area contributed by atoms with Crippen LogP contribution in [-0.4, -0.2) is 0 Å². The maximum atomic E-state index is 2.57. The normalized spacial score (nSPS) is 24.0. The van der Waals surface area contributed by atoms with Gasteiger partial charge in [0.1, 0.15) is 0 Å². The summed E-state index contributed by atoms with van der Waals surface area (Å²) in [4.78, 5) is 0. The predicted octanol–water partition coefficient (Wildman–Crippen LogP) is 0.0594. The summed E-state index contributed by atoms with van der Waals surface area (Å²) in [6.07, 6.45) is 2.57. The molecule has 24 heavy (non-hydrogen) atoms. The average molecular weight is 528 g/mol. The second-order valence-electron chi connectivity index (χ2n) is 7.58. The molecule has 0 radical (unpaired) electrons. The van der Waals surface area contributed by atoms with E-state index >= 15 is 0 Å². The molecule has 1 unspecified atom stereocenters. The van der Waals surface area contributed by atoms with E-state index in [0.29, 0.717) is 3.17 Å². The Morgan fingerprint density at radius 2 is 1.42 bits per heavy atom. The summed E-state index contributed by atoms with van der Waals surface area (Å²) in [5, 5.41) is 0. The van der Waals surface area contributed by atoms with Crippen LogP contribution < -0.4 is 24.8 Å². The molecule has 128 valence electrons. The number of benzene rings is 1. The van der Waals surface area contributed by atoms with Gasteiger partial charge in [-0.3, -0.25) is 0 Å². The SMILES string of the molecule is CC1=C[C](C)([Hf+2][C]2=C(C)C(C)=C(C)C2(C)C)c2ccccc21.[Cl-].[Cl-]. The number of rotatable bonds is 2. The second-order valence-corrected chi connectivity index (χ2v) is 14.0. The molecule has 0 saturated heterocycles. The monoisotopic (exact) mass is 528 g/mol. The van der Waals surface area contributed by atoms with Crippen LogP contribution in [-0.2, 0) is 26.1 Å². The van der Waals surface area contributed by atoms with E-state index in [9.17, 15) is 0 Å². The summed E-state index contributed by atoms with van der Waals surface area (Å²) >= 11 is -1.04. The average Bonchev–Trinajstić information content (AvgIpc) is 2.81. The zero-order valence-electron chi connectivity index (χ0n) is 15.6. The first kappa shape index (κ1) is 21.9. The topological polar surface area (TPSA) is 0 Å². The van der Waals surface area contributed by atoms with E-state index in [1.165, 1.54) is 11.1 Å². The van der Waals surface area contributed by atoms with E-state index in [0.717, 1.165) is 0 Å². The van der Waals surface area contributed by atoms with Crippen LogP contribution in [0.25, 0.3) is 5.57 Å². The van der Waals surface area contributed by atoms with Crippen LogP contribution in [0.4, 0.5) is 0 Å². The molecule has 0 aliphatic heterocycles. The van der Waals surface area contributed by atoms with Gasteiger partial charge < -0.3 is 24.8 Å². The Labute approximate surface area is 171 Å². The van der Waals surface area contributed by atoms with Crippen LogP contribution in [0, 0.1) is 5.41 Å². The molecule has 3 rings (SSSR count). The zero-order valence-corrected chi connectivity index (χ0v) is 20.7. The molecule has 0 saturated carbocycles. The van der Waals surface area contributed by atoms with Gasteiger partial charge in [0.15, 0.2) is 0 Å². The molecule has 2 aliphatic rings. The van der Waals surface area contributed by atoms with Crippen LogP contribution in [0.15, 0.2) is 50.4 Å². The fourth-order valence-corrected chi connectivity index (χ4v) is 11.4. The van der Waals surface area contributed by atoms with Gasteiger partial charge in [-0.05, 0) is 0 Å². The van der Waals surface area contributed by atoms with E-state index in [1.807, 2.05) is 3.33 Å². The van der Waals surface area contributed by atoms with Crippen molar-refractivity contribution in [1.82, 2.24) is 0 Å². The first-order valence-corrected chi connectivity index (χ1v) is 11.7. The Morgan fingerprint density at radius 3 is 1.96 bits per heavy atom. The minimum absolute atomic E-state index is 0. The maximum Gasteiger partial charge on any atom is -1.00 e. The smallest absolute Gasteiger partial charge is 1.00 e. The predicted molar refractivity (Wildman–Crippen MR) is 92.3 cm³/mol. The van der Waals surface area contributed by atoms with Crippen LogP contribution in [0.2, 0.25) is 0 Å². The summed E-state index contributed by atoms with van der Waals surface area (Å²) in [7, 11) is 0. The number of hydrogen-bond donors (Lipinski definition) is 0. The Kier molecular flexibility index (Phi) is 6.63. The molecule has 0 bridgehead atoms. The van der Waals surface area contributed by atoms with Crippen LogP contribution in [0.3, 0.4) is 0 Å². The van der Waals surface area contributed by atoms with Crippen molar-refractivity contribution in [3.8, 4) is 0 Å². The fourth-order valence-electron chi connectivity index (χ4n) is 4.08. The molecule has 1 aromatic carbocycles. The Morgan fingerprint density at radius 1 is 0.833 bits per heavy atom. The van der Waals surface area contributed by atoms with E-state index < -0.39 is 22.9 Å². The van der Waals surface area contributed by atoms with Gasteiger partial charge in [0, 0.05) is 0 Å². The molecule has 1 aromatic rings. The van der Waals surface area contributed by atoms with Gasteiger partial charge in [-0.2, -0.15) is 0 Å². The second kappa shape index (κ2) is 7.25. The summed E-state index contributed by atoms with van der Waals surface area (Å²) in [6, 6.07) is 9.05. The Balaban J connectivity index is 0.00000144. The Bertz CT molecular complexity index is 753. The molecule has 3 heteroatoms. The molecular formula is C21H26Cl2Hf. The third-order valence-electron chi connectivity index (χ3n) is 5.86. The van der Waals surface area contributed by atoms with Gasteiger partial charge in [-0.15, -0.1) is 0 Å². The minimum atomic E-state index is -1.04. The summed E-state index contributed by atoms with van der Waals surface area (Å²) in [5.74, 6) is 0. The molecule has 1 atom stereocenters. The minimum Gasteiger partial charge on any atom is -1.00 e. The van der Waals surface area contributed by atoms with Crippen molar-refractivity contribution in [1.29, 1.82) is 0 Å². The maximum absolute atomic E-state index is 2.57. The fraction of sp³-hybridized carbons (Fsp3) is 0.429. The molecule has 0 N–H and O–H groups in total. The van der Waals surface area contributed by atoms with E-state index in [4.69, 9.17) is 0 Å². The first-order valence-electron chi connectivity index (χ1n) is 8.15. The van der Waals surface area contributed by atoms with Gasteiger partial charge in [0.2, 0.25) is 0 Å². The van der Waals surface area contributed by atoms with Crippen molar-refractivity contribution >= 4 is 5.57 Å². The van der Waals surface area contributed by atoms with Gasteiger partial charge in [0.25, 0.3) is 0 Å². The molecular weight excluding hydrogens is 502 g/mol. The zero-order chi connectivity index (χ0) is 16.3. The largest absolute Gasteiger partial charge is 1.00 e. The quantitative estimate of drug-likeness (QED) is 0.478. The third-order valence-corrected chi connectivity index (χ3v) is 13.7. The van der Waals surface area contributed by atoms with Crippen molar-refractivity contribution in [3.05, 3.63) is 61.5 Å². The van der Waals surface area contributed by atoms with Crippen LogP contribution in [0.1, 0.15) is 59.6 Å². The molecule has 2 aliphatic carbocycles. The number of allylic oxidation sites excluding steroid dienone is 6. The van der Waals surface area contributed by atoms with Gasteiger partial charge in [0.05, 0.1) is 0 Å². The van der Waals surface area contributed by atoms with Crippen molar-refractivity contribution in [2.75, 3.05) is 0 Å². The summed E-state index contributed by atoms with van der Waals surface area (Å²) in [6.45, 7) is 16.7. The first-order chi connectivity index (χ1) is 10.2. The van der Waals surface area contributed by atoms with Crippen molar-refractivity contribution < 1.29 is 47.7 Å². The molecule has 0 aromatic heterocycles. The van der Waals surface area contributed by atoms with Crippen molar-refractivity contribution in [2.24, 2.45) is 5.41 Å². The van der Waals surface area contributed by atoms with E-state index in [-0.39, 0.29) is 30.2 Å². The number of hydrogen-bond acceptors (Lipinski definition) is 0. The standard InChI is InChI=1S/C11H11.C10H15.2ClH.Hf/c1-8-7-9(2)11-6-4-3-5-10(8)11;1-7-6-10(4,5)9(3)8(7)2;;;/h3-7H,1-2H3;1-5H3;2*1H;/q;;;;+2/p-2. The molecule has 0 heterocycles.